The third kappa shape index (κ3) is 5.11. The molecular weight excluding hydrogens is 304 g/mol. The molecule has 4 atom stereocenters. The number of ether oxygens (including phenoxy) is 1. The van der Waals surface area contributed by atoms with Crippen LogP contribution in [0.1, 0.15) is 27.2 Å². The van der Waals surface area contributed by atoms with Gasteiger partial charge in [0.25, 0.3) is 0 Å². The predicted molar refractivity (Wildman–Crippen MR) is 70.3 cm³/mol. The molecule has 0 radical (unpaired) electrons. The van der Waals surface area contributed by atoms with Crippen LogP contribution >= 0.6 is 15.9 Å². The van der Waals surface area contributed by atoms with Crippen molar-refractivity contribution < 1.29 is 24.3 Å². The number of halogens is 1. The van der Waals surface area contributed by atoms with Crippen molar-refractivity contribution in [2.24, 2.45) is 5.92 Å². The fourth-order valence-corrected chi connectivity index (χ4v) is 2.62. The Labute approximate surface area is 117 Å². The van der Waals surface area contributed by atoms with Crippen LogP contribution in [0, 0.1) is 5.92 Å². The highest BCUT2D eigenvalue weighted by Gasteiger charge is 2.40. The van der Waals surface area contributed by atoms with Crippen molar-refractivity contribution in [2.45, 2.75) is 44.2 Å². The molecule has 1 saturated heterocycles. The maximum Gasteiger partial charge on any atom is 0.0887 e. The molecule has 0 spiro atoms. The summed E-state index contributed by atoms with van der Waals surface area (Å²) in [5, 5.41) is 0. The molecular formula is C12H23BrO5. The summed E-state index contributed by atoms with van der Waals surface area (Å²) in [6, 6.07) is 0. The largest absolute Gasteiger partial charge is 0.374 e. The van der Waals surface area contributed by atoms with Gasteiger partial charge >= 0.3 is 0 Å². The zero-order valence-corrected chi connectivity index (χ0v) is 12.9. The molecule has 5 nitrogen and oxygen atoms in total. The molecule has 108 valence electrons. The van der Waals surface area contributed by atoms with E-state index in [2.05, 4.69) is 22.9 Å². The van der Waals surface area contributed by atoms with E-state index in [1.165, 1.54) is 0 Å². The third-order valence-electron chi connectivity index (χ3n) is 2.87. The van der Waals surface area contributed by atoms with Crippen LogP contribution in [0.5, 0.6) is 0 Å². The number of hydrogen-bond acceptors (Lipinski definition) is 5. The van der Waals surface area contributed by atoms with Crippen LogP contribution in [0.3, 0.4) is 0 Å². The van der Waals surface area contributed by atoms with Crippen LogP contribution in [-0.2, 0) is 24.3 Å². The Hall–Kier alpha value is 0.280. The maximum absolute atomic E-state index is 5.88. The lowest BCUT2D eigenvalue weighted by atomic mass is 9.98. The fraction of sp³-hybridized carbons (Fsp3) is 1.00. The van der Waals surface area contributed by atoms with Gasteiger partial charge in [0.2, 0.25) is 0 Å². The van der Waals surface area contributed by atoms with Crippen molar-refractivity contribution in [3.8, 4) is 0 Å². The van der Waals surface area contributed by atoms with Crippen molar-refractivity contribution in [1.29, 1.82) is 0 Å². The summed E-state index contributed by atoms with van der Waals surface area (Å²) in [6.45, 7) is 7.99. The highest BCUT2D eigenvalue weighted by atomic mass is 79.9. The van der Waals surface area contributed by atoms with Gasteiger partial charge in [0.1, 0.15) is 0 Å². The molecule has 0 bridgehead atoms. The van der Waals surface area contributed by atoms with Crippen LogP contribution in [0.25, 0.3) is 0 Å². The van der Waals surface area contributed by atoms with Crippen molar-refractivity contribution >= 4 is 15.9 Å². The van der Waals surface area contributed by atoms with E-state index in [-0.39, 0.29) is 23.0 Å². The highest BCUT2D eigenvalue weighted by Crippen LogP contribution is 2.34. The van der Waals surface area contributed by atoms with Gasteiger partial charge in [0, 0.05) is 17.2 Å². The number of rotatable bonds is 9. The minimum absolute atomic E-state index is 0.102. The summed E-state index contributed by atoms with van der Waals surface area (Å²) in [4.78, 5) is 20.3. The second-order valence-electron chi connectivity index (χ2n) is 4.20. The Morgan fingerprint density at radius 3 is 2.39 bits per heavy atom. The quantitative estimate of drug-likeness (QED) is 0.282. The molecule has 0 saturated carbocycles. The van der Waals surface area contributed by atoms with E-state index in [9.17, 15) is 0 Å². The molecule has 1 rings (SSSR count). The zero-order chi connectivity index (χ0) is 13.4. The van der Waals surface area contributed by atoms with Gasteiger partial charge in [0.15, 0.2) is 0 Å². The van der Waals surface area contributed by atoms with E-state index < -0.39 is 0 Å². The monoisotopic (exact) mass is 326 g/mol. The Kier molecular flexibility index (Phi) is 8.37. The molecule has 6 heteroatoms. The van der Waals surface area contributed by atoms with Gasteiger partial charge in [-0.25, -0.2) is 19.6 Å². The van der Waals surface area contributed by atoms with E-state index in [0.29, 0.717) is 26.4 Å². The van der Waals surface area contributed by atoms with E-state index in [0.717, 1.165) is 6.42 Å². The van der Waals surface area contributed by atoms with Crippen molar-refractivity contribution in [2.75, 3.05) is 26.4 Å². The van der Waals surface area contributed by atoms with E-state index in [1.807, 2.05) is 13.8 Å². The SMILES string of the molecule is CCOOCC[C@H]1O[C@@H](C)C(Br)C1COOCC. The fourth-order valence-electron chi connectivity index (χ4n) is 2.00. The van der Waals surface area contributed by atoms with Gasteiger partial charge in [0.05, 0.1) is 38.6 Å². The first-order valence-corrected chi connectivity index (χ1v) is 7.40. The van der Waals surface area contributed by atoms with Gasteiger partial charge in [-0.05, 0) is 20.8 Å². The van der Waals surface area contributed by atoms with E-state index in [4.69, 9.17) is 24.3 Å². The summed E-state index contributed by atoms with van der Waals surface area (Å²) in [5.74, 6) is 0.261. The minimum Gasteiger partial charge on any atom is -0.374 e. The van der Waals surface area contributed by atoms with Gasteiger partial charge in [-0.15, -0.1) is 0 Å². The summed E-state index contributed by atoms with van der Waals surface area (Å²) in [5.41, 5.74) is 0. The molecule has 1 fully saturated rings. The molecule has 0 N–H and O–H groups in total. The lowest BCUT2D eigenvalue weighted by Gasteiger charge is -2.19. The Morgan fingerprint density at radius 2 is 1.72 bits per heavy atom. The average Bonchev–Trinajstić information content (AvgIpc) is 2.63. The topological polar surface area (TPSA) is 46.2 Å². The van der Waals surface area contributed by atoms with Crippen molar-refractivity contribution in [1.82, 2.24) is 0 Å². The van der Waals surface area contributed by atoms with Crippen molar-refractivity contribution in [3.63, 3.8) is 0 Å². The minimum atomic E-state index is 0.102. The first-order chi connectivity index (χ1) is 8.70. The first kappa shape index (κ1) is 16.3. The molecule has 0 aromatic heterocycles. The third-order valence-corrected chi connectivity index (χ3v) is 4.30. The van der Waals surface area contributed by atoms with Gasteiger partial charge in [-0.3, -0.25) is 0 Å². The molecule has 1 aliphatic heterocycles. The Bertz CT molecular complexity index is 217. The van der Waals surface area contributed by atoms with Gasteiger partial charge in [-0.1, -0.05) is 15.9 Å². The average molecular weight is 327 g/mol. The predicted octanol–water partition coefficient (Wildman–Crippen LogP) is 2.48. The van der Waals surface area contributed by atoms with Crippen LogP contribution in [-0.4, -0.2) is 43.5 Å². The molecule has 0 aliphatic carbocycles. The first-order valence-electron chi connectivity index (χ1n) is 6.49. The summed E-state index contributed by atoms with van der Waals surface area (Å²) in [6.07, 6.45) is 1.05. The van der Waals surface area contributed by atoms with Crippen LogP contribution in [0.15, 0.2) is 0 Å². The van der Waals surface area contributed by atoms with Crippen LogP contribution in [0.2, 0.25) is 0 Å². The molecule has 1 aliphatic rings. The Morgan fingerprint density at radius 1 is 1.06 bits per heavy atom. The molecule has 0 amide bonds. The van der Waals surface area contributed by atoms with Gasteiger partial charge in [-0.2, -0.15) is 0 Å². The standard InChI is InChI=1S/C12H23BrO5/c1-4-14-16-7-6-11-10(8-17-15-5-2)12(13)9(3)18-11/h9-12H,4-8H2,1-3H3/t9-,10?,11+,12?/m0/s1. The smallest absolute Gasteiger partial charge is 0.0887 e. The summed E-state index contributed by atoms with van der Waals surface area (Å²) in [7, 11) is 0. The lowest BCUT2D eigenvalue weighted by Crippen LogP contribution is -2.27. The number of alkyl halides is 1. The molecule has 2 unspecified atom stereocenters. The van der Waals surface area contributed by atoms with Gasteiger partial charge < -0.3 is 4.74 Å². The number of hydrogen-bond donors (Lipinski definition) is 0. The Balaban J connectivity index is 2.32. The second-order valence-corrected chi connectivity index (χ2v) is 5.25. The van der Waals surface area contributed by atoms with Crippen LogP contribution < -0.4 is 0 Å². The van der Waals surface area contributed by atoms with E-state index in [1.54, 1.807) is 0 Å². The zero-order valence-electron chi connectivity index (χ0n) is 11.3. The van der Waals surface area contributed by atoms with Crippen molar-refractivity contribution in [3.05, 3.63) is 0 Å². The highest BCUT2D eigenvalue weighted by molar-refractivity contribution is 9.09. The van der Waals surface area contributed by atoms with E-state index >= 15 is 0 Å². The lowest BCUT2D eigenvalue weighted by molar-refractivity contribution is -0.303. The van der Waals surface area contributed by atoms with Crippen LogP contribution in [0.4, 0.5) is 0 Å². The molecule has 1 heterocycles. The summed E-state index contributed by atoms with van der Waals surface area (Å²) >= 11 is 3.65. The molecule has 18 heavy (non-hydrogen) atoms. The maximum atomic E-state index is 5.88. The molecule has 0 aromatic carbocycles. The summed E-state index contributed by atoms with van der Waals surface area (Å²) < 4.78 is 5.88. The normalized spacial score (nSPS) is 32.0. The second kappa shape index (κ2) is 9.23. The molecule has 0 aromatic rings.